The quantitative estimate of drug-likeness (QED) is 0.441. The van der Waals surface area contributed by atoms with Crippen LogP contribution in [0.15, 0.2) is 0 Å². The molecule has 2 atom stereocenters. The van der Waals surface area contributed by atoms with E-state index < -0.39 is 11.8 Å². The summed E-state index contributed by atoms with van der Waals surface area (Å²) in [7, 11) is 0. The molecule has 16 heavy (non-hydrogen) atoms. The highest BCUT2D eigenvalue weighted by molar-refractivity contribution is 6.17. The maximum Gasteiger partial charge on any atom is 0.228 e. The Labute approximate surface area is 107 Å². The van der Waals surface area contributed by atoms with E-state index in [9.17, 15) is 9.59 Å². The molecule has 94 valence electrons. The summed E-state index contributed by atoms with van der Waals surface area (Å²) < 4.78 is 0. The molecule has 1 aliphatic rings. The van der Waals surface area contributed by atoms with Gasteiger partial charge in [-0.25, -0.2) is 0 Å². The minimum atomic E-state index is -0.591. The number of primary amides is 1. The van der Waals surface area contributed by atoms with Crippen LogP contribution in [0.2, 0.25) is 0 Å². The Kier molecular flexibility index (Phi) is 7.72. The normalized spacial score (nSPS) is 24.9. The van der Waals surface area contributed by atoms with Crippen molar-refractivity contribution in [2.75, 3.05) is 12.4 Å². The Morgan fingerprint density at radius 2 is 2.19 bits per heavy atom. The van der Waals surface area contributed by atoms with Gasteiger partial charge in [0.25, 0.3) is 0 Å². The van der Waals surface area contributed by atoms with Crippen molar-refractivity contribution in [2.45, 2.75) is 31.7 Å². The highest BCUT2D eigenvalue weighted by atomic mass is 35.5. The number of carbonyl (C=O) groups is 2. The van der Waals surface area contributed by atoms with Crippen LogP contribution < -0.4 is 11.1 Å². The van der Waals surface area contributed by atoms with Crippen molar-refractivity contribution in [3.63, 3.8) is 0 Å². The lowest BCUT2D eigenvalue weighted by Gasteiger charge is -2.26. The SMILES string of the molecule is Cl.NC(=O)C1CCCC(NCCCCl)C1=O. The van der Waals surface area contributed by atoms with E-state index in [1.807, 2.05) is 0 Å². The standard InChI is InChI=1S/C10H17ClN2O2.ClH/c11-5-2-6-13-8-4-1-3-7(9(8)14)10(12)15;/h7-8,13H,1-6H2,(H2,12,15);1H. The topological polar surface area (TPSA) is 72.2 Å². The Bertz CT molecular complexity index is 249. The molecule has 1 amide bonds. The van der Waals surface area contributed by atoms with Crippen molar-refractivity contribution in [3.8, 4) is 0 Å². The molecule has 0 aromatic rings. The van der Waals surface area contributed by atoms with Gasteiger partial charge in [-0.3, -0.25) is 9.59 Å². The van der Waals surface area contributed by atoms with Crippen LogP contribution >= 0.6 is 24.0 Å². The number of nitrogens with one attached hydrogen (secondary N) is 1. The summed E-state index contributed by atoms with van der Waals surface area (Å²) in [5, 5.41) is 3.12. The Balaban J connectivity index is 0.00000225. The van der Waals surface area contributed by atoms with Gasteiger partial charge in [0.1, 0.15) is 0 Å². The summed E-state index contributed by atoms with van der Waals surface area (Å²) in [5.41, 5.74) is 5.17. The zero-order valence-corrected chi connectivity index (χ0v) is 10.6. The first kappa shape index (κ1) is 15.7. The molecule has 3 N–H and O–H groups in total. The van der Waals surface area contributed by atoms with Crippen molar-refractivity contribution in [2.24, 2.45) is 11.7 Å². The van der Waals surface area contributed by atoms with E-state index in [2.05, 4.69) is 5.32 Å². The molecule has 0 radical (unpaired) electrons. The van der Waals surface area contributed by atoms with E-state index in [0.717, 1.165) is 19.3 Å². The van der Waals surface area contributed by atoms with Crippen LogP contribution in [0, 0.1) is 5.92 Å². The molecule has 0 aliphatic heterocycles. The second kappa shape index (κ2) is 7.87. The van der Waals surface area contributed by atoms with E-state index in [4.69, 9.17) is 17.3 Å². The summed E-state index contributed by atoms with van der Waals surface area (Å²) >= 11 is 5.54. The summed E-state index contributed by atoms with van der Waals surface area (Å²) in [6.07, 6.45) is 3.09. The first-order valence-electron chi connectivity index (χ1n) is 5.29. The highest BCUT2D eigenvalue weighted by Crippen LogP contribution is 2.20. The lowest BCUT2D eigenvalue weighted by atomic mass is 9.84. The Morgan fingerprint density at radius 3 is 2.75 bits per heavy atom. The fourth-order valence-corrected chi connectivity index (χ4v) is 2.02. The number of alkyl halides is 1. The molecule has 0 aromatic carbocycles. The summed E-state index contributed by atoms with van der Waals surface area (Å²) in [6.45, 7) is 0.714. The van der Waals surface area contributed by atoms with Crippen molar-refractivity contribution in [1.82, 2.24) is 5.32 Å². The Morgan fingerprint density at radius 1 is 1.50 bits per heavy atom. The second-order valence-corrected chi connectivity index (χ2v) is 4.22. The third-order valence-corrected chi connectivity index (χ3v) is 2.98. The number of rotatable bonds is 5. The monoisotopic (exact) mass is 268 g/mol. The summed E-state index contributed by atoms with van der Waals surface area (Å²) in [6, 6.07) is -0.209. The van der Waals surface area contributed by atoms with Gasteiger partial charge in [-0.2, -0.15) is 0 Å². The minimum Gasteiger partial charge on any atom is -0.369 e. The van der Waals surface area contributed by atoms with Crippen molar-refractivity contribution in [3.05, 3.63) is 0 Å². The molecule has 4 nitrogen and oxygen atoms in total. The van der Waals surface area contributed by atoms with Gasteiger partial charge in [0.15, 0.2) is 5.78 Å². The maximum absolute atomic E-state index is 11.8. The fraction of sp³-hybridized carbons (Fsp3) is 0.800. The molecule has 0 heterocycles. The lowest BCUT2D eigenvalue weighted by molar-refractivity contribution is -0.135. The van der Waals surface area contributed by atoms with Gasteiger partial charge in [0.2, 0.25) is 5.91 Å². The van der Waals surface area contributed by atoms with Crippen LogP contribution in [0.4, 0.5) is 0 Å². The van der Waals surface area contributed by atoms with Crippen LogP contribution in [-0.2, 0) is 9.59 Å². The first-order chi connectivity index (χ1) is 7.16. The van der Waals surface area contributed by atoms with Crippen LogP contribution in [0.5, 0.6) is 0 Å². The number of nitrogens with two attached hydrogens (primary N) is 1. The van der Waals surface area contributed by atoms with Gasteiger partial charge in [-0.1, -0.05) is 6.42 Å². The third kappa shape index (κ3) is 4.28. The number of ketones is 1. The smallest absolute Gasteiger partial charge is 0.228 e. The number of Topliss-reactive ketones (excluding diaryl/α,β-unsaturated/α-hetero) is 1. The van der Waals surface area contributed by atoms with Gasteiger partial charge < -0.3 is 11.1 Å². The molecule has 0 spiro atoms. The number of carbonyl (C=O) groups excluding carboxylic acids is 2. The molecule has 2 unspecified atom stereocenters. The zero-order valence-electron chi connectivity index (χ0n) is 9.08. The van der Waals surface area contributed by atoms with E-state index in [1.54, 1.807) is 0 Å². The van der Waals surface area contributed by atoms with Crippen LogP contribution in [0.25, 0.3) is 0 Å². The zero-order chi connectivity index (χ0) is 11.3. The molecular formula is C10H18Cl2N2O2. The number of hydrogen-bond donors (Lipinski definition) is 2. The Hall–Kier alpha value is -0.320. The van der Waals surface area contributed by atoms with Gasteiger partial charge in [0, 0.05) is 5.88 Å². The van der Waals surface area contributed by atoms with Crippen LogP contribution in [0.3, 0.4) is 0 Å². The minimum absolute atomic E-state index is 0. The average molecular weight is 269 g/mol. The third-order valence-electron chi connectivity index (χ3n) is 2.72. The molecule has 6 heteroatoms. The molecule has 0 aromatic heterocycles. The molecule has 1 aliphatic carbocycles. The molecule has 1 fully saturated rings. The van der Waals surface area contributed by atoms with Gasteiger partial charge in [-0.15, -0.1) is 24.0 Å². The molecule has 0 bridgehead atoms. The van der Waals surface area contributed by atoms with E-state index in [0.29, 0.717) is 18.8 Å². The maximum atomic E-state index is 11.8. The number of hydrogen-bond acceptors (Lipinski definition) is 3. The van der Waals surface area contributed by atoms with Crippen molar-refractivity contribution in [1.29, 1.82) is 0 Å². The van der Waals surface area contributed by atoms with Crippen LogP contribution in [0.1, 0.15) is 25.7 Å². The second-order valence-electron chi connectivity index (χ2n) is 3.84. The number of amides is 1. The van der Waals surface area contributed by atoms with Gasteiger partial charge in [0.05, 0.1) is 12.0 Å². The predicted octanol–water partition coefficient (Wildman–Crippen LogP) is 0.850. The summed E-state index contributed by atoms with van der Waals surface area (Å²) in [5.74, 6) is -0.563. The molecular weight excluding hydrogens is 251 g/mol. The van der Waals surface area contributed by atoms with Crippen LogP contribution in [-0.4, -0.2) is 30.2 Å². The number of halogens is 2. The molecule has 1 saturated carbocycles. The van der Waals surface area contributed by atoms with E-state index >= 15 is 0 Å². The highest BCUT2D eigenvalue weighted by Gasteiger charge is 2.33. The fourth-order valence-electron chi connectivity index (χ4n) is 1.88. The predicted molar refractivity (Wildman–Crippen MR) is 65.9 cm³/mol. The molecule has 0 saturated heterocycles. The summed E-state index contributed by atoms with van der Waals surface area (Å²) in [4.78, 5) is 22.8. The van der Waals surface area contributed by atoms with E-state index in [-0.39, 0.29) is 24.2 Å². The average Bonchev–Trinajstić information content (AvgIpc) is 2.20. The molecule has 1 rings (SSSR count). The lowest BCUT2D eigenvalue weighted by Crippen LogP contribution is -2.47. The van der Waals surface area contributed by atoms with Crippen molar-refractivity contribution >= 4 is 35.7 Å². The first-order valence-corrected chi connectivity index (χ1v) is 5.82. The van der Waals surface area contributed by atoms with Gasteiger partial charge in [-0.05, 0) is 25.8 Å². The largest absolute Gasteiger partial charge is 0.369 e. The van der Waals surface area contributed by atoms with E-state index in [1.165, 1.54) is 0 Å². The van der Waals surface area contributed by atoms with Gasteiger partial charge >= 0.3 is 0 Å². The van der Waals surface area contributed by atoms with Crippen molar-refractivity contribution < 1.29 is 9.59 Å².